The Morgan fingerprint density at radius 3 is 0.983 bits per heavy atom. The van der Waals surface area contributed by atoms with E-state index in [1.807, 2.05) is 0 Å². The molecule has 0 radical (unpaired) electrons. The van der Waals surface area contributed by atoms with Gasteiger partial charge >= 0.3 is 17.9 Å². The molecule has 0 spiro atoms. The summed E-state index contributed by atoms with van der Waals surface area (Å²) in [7, 11) is 0. The number of hydrogen-bond acceptors (Lipinski definition) is 6. The van der Waals surface area contributed by atoms with E-state index in [1.54, 1.807) is 0 Å². The van der Waals surface area contributed by atoms with Crippen LogP contribution < -0.4 is 0 Å². The van der Waals surface area contributed by atoms with Crippen LogP contribution in [0.25, 0.3) is 0 Å². The highest BCUT2D eigenvalue weighted by molar-refractivity contribution is 5.71. The molecule has 0 N–H and O–H groups in total. The number of hydrogen-bond donors (Lipinski definition) is 0. The lowest BCUT2D eigenvalue weighted by Crippen LogP contribution is -2.30. The van der Waals surface area contributed by atoms with Crippen molar-refractivity contribution in [2.45, 2.75) is 168 Å². The van der Waals surface area contributed by atoms with E-state index in [-0.39, 0.29) is 38.0 Å². The summed E-state index contributed by atoms with van der Waals surface area (Å²) in [5.41, 5.74) is 0. The van der Waals surface area contributed by atoms with Gasteiger partial charge in [0.25, 0.3) is 0 Å². The van der Waals surface area contributed by atoms with Gasteiger partial charge < -0.3 is 14.2 Å². The Bertz CT molecular complexity index is 1350. The zero-order valence-electron chi connectivity index (χ0n) is 37.2. The lowest BCUT2D eigenvalue weighted by molar-refractivity contribution is -0.167. The summed E-state index contributed by atoms with van der Waals surface area (Å²) >= 11 is 0. The summed E-state index contributed by atoms with van der Waals surface area (Å²) in [6.45, 7) is 6.12. The predicted molar refractivity (Wildman–Crippen MR) is 251 cm³/mol. The topological polar surface area (TPSA) is 78.9 Å². The van der Waals surface area contributed by atoms with Gasteiger partial charge in [0.15, 0.2) is 6.10 Å². The van der Waals surface area contributed by atoms with Gasteiger partial charge in [0, 0.05) is 19.3 Å². The molecule has 0 aromatic heterocycles. The number of allylic oxidation sites excluding steroid dienone is 22. The first-order valence-electron chi connectivity index (χ1n) is 22.7. The van der Waals surface area contributed by atoms with Crippen LogP contribution in [0.2, 0.25) is 0 Å². The van der Waals surface area contributed by atoms with Crippen molar-refractivity contribution in [3.8, 4) is 0 Å². The van der Waals surface area contributed by atoms with Crippen LogP contribution in [0.5, 0.6) is 0 Å². The fraction of sp³-hybridized carbons (Fsp3) is 0.528. The van der Waals surface area contributed by atoms with Crippen LogP contribution >= 0.6 is 0 Å². The summed E-state index contributed by atoms with van der Waals surface area (Å²) in [6, 6.07) is 0. The summed E-state index contributed by atoms with van der Waals surface area (Å²) in [4.78, 5) is 37.7. The van der Waals surface area contributed by atoms with Gasteiger partial charge in [-0.1, -0.05) is 161 Å². The molecule has 0 heterocycles. The first-order valence-corrected chi connectivity index (χ1v) is 22.7. The third-order valence-electron chi connectivity index (χ3n) is 8.63. The summed E-state index contributed by atoms with van der Waals surface area (Å²) < 4.78 is 16.6. The highest BCUT2D eigenvalue weighted by Crippen LogP contribution is 2.09. The second-order valence-corrected chi connectivity index (χ2v) is 14.2. The number of carbonyl (C=O) groups excluding carboxylic acids is 3. The van der Waals surface area contributed by atoms with Gasteiger partial charge in [-0.05, 0) is 116 Å². The molecule has 0 aromatic rings. The van der Waals surface area contributed by atoms with E-state index in [9.17, 15) is 14.4 Å². The largest absolute Gasteiger partial charge is 0.462 e. The van der Waals surface area contributed by atoms with Gasteiger partial charge in [0.1, 0.15) is 13.2 Å². The standard InChI is InChI=1S/C53H80O6/c1-4-7-10-13-16-19-22-23-24-25-26-27-28-29-32-34-37-40-43-46-52(55)58-49-50(59-53(56)47-44-41-38-35-31-21-18-15-12-9-6-3)48-57-51(54)45-42-39-36-33-30-20-17-14-11-8-5-2/h7-12,16-21,23-24,26-27,29,32-33,35-36,38,50H,4-6,13-15,22,25,28,30-31,34,37,39-49H2,1-3H3/b10-7-,11-8-,12-9-,19-16-,20-17-,21-18-,24-23-,27-26-,32-29-,36-33-,38-35-. The van der Waals surface area contributed by atoms with Crippen molar-refractivity contribution in [1.29, 1.82) is 0 Å². The first kappa shape index (κ1) is 54.6. The summed E-state index contributed by atoms with van der Waals surface area (Å²) in [6.07, 6.45) is 64.6. The maximum Gasteiger partial charge on any atom is 0.306 e. The highest BCUT2D eigenvalue weighted by Gasteiger charge is 2.19. The van der Waals surface area contributed by atoms with Gasteiger partial charge in [0.05, 0.1) is 0 Å². The van der Waals surface area contributed by atoms with E-state index < -0.39 is 12.1 Å². The molecule has 1 atom stereocenters. The number of rotatable bonds is 38. The Kier molecular flexibility index (Phi) is 42.8. The van der Waals surface area contributed by atoms with Gasteiger partial charge in [-0.2, -0.15) is 0 Å². The molecule has 0 saturated carbocycles. The van der Waals surface area contributed by atoms with Crippen molar-refractivity contribution in [2.75, 3.05) is 13.2 Å². The quantitative estimate of drug-likeness (QED) is 0.0267. The average Bonchev–Trinajstić information content (AvgIpc) is 3.23. The molecule has 1 unspecified atom stereocenters. The summed E-state index contributed by atoms with van der Waals surface area (Å²) in [5.74, 6) is -1.10. The Balaban J connectivity index is 4.54. The van der Waals surface area contributed by atoms with Crippen LogP contribution in [-0.4, -0.2) is 37.2 Å². The summed E-state index contributed by atoms with van der Waals surface area (Å²) in [5, 5.41) is 0. The van der Waals surface area contributed by atoms with E-state index in [1.165, 1.54) is 0 Å². The van der Waals surface area contributed by atoms with Gasteiger partial charge in [0.2, 0.25) is 0 Å². The Hall–Kier alpha value is -4.45. The van der Waals surface area contributed by atoms with Crippen LogP contribution in [0.3, 0.4) is 0 Å². The van der Waals surface area contributed by atoms with Crippen LogP contribution in [0.15, 0.2) is 134 Å². The lowest BCUT2D eigenvalue weighted by Gasteiger charge is -2.18. The van der Waals surface area contributed by atoms with Crippen LogP contribution in [0, 0.1) is 0 Å². The highest BCUT2D eigenvalue weighted by atomic mass is 16.6. The molecule has 0 saturated heterocycles. The first-order chi connectivity index (χ1) is 29.0. The number of esters is 3. The van der Waals surface area contributed by atoms with E-state index in [0.29, 0.717) is 19.3 Å². The second-order valence-electron chi connectivity index (χ2n) is 14.2. The maximum absolute atomic E-state index is 12.7. The molecular weight excluding hydrogens is 733 g/mol. The fourth-order valence-electron chi connectivity index (χ4n) is 5.34. The smallest absolute Gasteiger partial charge is 0.306 e. The monoisotopic (exact) mass is 813 g/mol. The Morgan fingerprint density at radius 2 is 0.627 bits per heavy atom. The second kappa shape index (κ2) is 46.2. The Labute approximate surface area is 360 Å². The minimum absolute atomic E-state index is 0.137. The van der Waals surface area contributed by atoms with Crippen molar-refractivity contribution in [3.05, 3.63) is 134 Å². The minimum Gasteiger partial charge on any atom is -0.462 e. The molecule has 0 aliphatic rings. The third kappa shape index (κ3) is 44.5. The van der Waals surface area contributed by atoms with Crippen LogP contribution in [0.4, 0.5) is 0 Å². The van der Waals surface area contributed by atoms with Crippen molar-refractivity contribution < 1.29 is 28.6 Å². The molecule has 0 aliphatic carbocycles. The number of ether oxygens (including phenoxy) is 3. The van der Waals surface area contributed by atoms with E-state index in [4.69, 9.17) is 14.2 Å². The van der Waals surface area contributed by atoms with Gasteiger partial charge in [-0.15, -0.1) is 0 Å². The molecule has 0 amide bonds. The van der Waals surface area contributed by atoms with Gasteiger partial charge in [-0.25, -0.2) is 0 Å². The number of carbonyl (C=O) groups is 3. The van der Waals surface area contributed by atoms with Gasteiger partial charge in [-0.3, -0.25) is 14.4 Å². The molecule has 0 aromatic carbocycles. The molecule has 328 valence electrons. The molecule has 6 heteroatoms. The Morgan fingerprint density at radius 1 is 0.339 bits per heavy atom. The molecule has 0 rings (SSSR count). The molecule has 0 fully saturated rings. The van der Waals surface area contributed by atoms with Crippen LogP contribution in [-0.2, 0) is 28.6 Å². The molecule has 6 nitrogen and oxygen atoms in total. The predicted octanol–water partition coefficient (Wildman–Crippen LogP) is 14.7. The molecule has 0 aliphatic heterocycles. The van der Waals surface area contributed by atoms with E-state index in [0.717, 1.165) is 109 Å². The van der Waals surface area contributed by atoms with Crippen molar-refractivity contribution in [2.24, 2.45) is 0 Å². The van der Waals surface area contributed by atoms with Crippen molar-refractivity contribution in [1.82, 2.24) is 0 Å². The number of unbranched alkanes of at least 4 members (excludes halogenated alkanes) is 5. The fourth-order valence-corrected chi connectivity index (χ4v) is 5.34. The molecule has 59 heavy (non-hydrogen) atoms. The van der Waals surface area contributed by atoms with Crippen LogP contribution in [0.1, 0.15) is 162 Å². The zero-order chi connectivity index (χ0) is 43.0. The zero-order valence-corrected chi connectivity index (χ0v) is 37.2. The van der Waals surface area contributed by atoms with E-state index in [2.05, 4.69) is 154 Å². The molecular formula is C53H80O6. The SMILES string of the molecule is CC/C=C\C/C=C\C/C=C\C/C=C\C/C=C\CCCCCC(=O)OCC(COC(=O)CCC/C=C\C/C=C\C/C=C\CC)OC(=O)CCC/C=C\C/C=C\C/C=C\CC. The normalized spacial score (nSPS) is 13.3. The third-order valence-corrected chi connectivity index (χ3v) is 8.63. The van der Waals surface area contributed by atoms with Crippen molar-refractivity contribution >= 4 is 17.9 Å². The average molecular weight is 813 g/mol. The lowest BCUT2D eigenvalue weighted by atomic mass is 10.1. The van der Waals surface area contributed by atoms with Crippen molar-refractivity contribution in [3.63, 3.8) is 0 Å². The minimum atomic E-state index is -0.841. The van der Waals surface area contributed by atoms with E-state index >= 15 is 0 Å². The molecule has 0 bridgehead atoms. The maximum atomic E-state index is 12.7.